The van der Waals surface area contributed by atoms with E-state index in [0.29, 0.717) is 11.3 Å². The number of fused-ring (bicyclic) bond motifs is 2. The van der Waals surface area contributed by atoms with Crippen molar-refractivity contribution in [3.05, 3.63) is 41.2 Å². The van der Waals surface area contributed by atoms with Crippen LogP contribution in [0.25, 0.3) is 6.08 Å². The van der Waals surface area contributed by atoms with E-state index in [1.54, 1.807) is 73.7 Å². The summed E-state index contributed by atoms with van der Waals surface area (Å²) in [6.07, 6.45) is 0.227. The number of hydrogen-bond acceptors (Lipinski definition) is 9. The van der Waals surface area contributed by atoms with Crippen LogP contribution in [0.1, 0.15) is 70.8 Å². The summed E-state index contributed by atoms with van der Waals surface area (Å²) in [5.74, 6) is -3.03. The van der Waals surface area contributed by atoms with Gasteiger partial charge in [-0.15, -0.1) is 0 Å². The van der Waals surface area contributed by atoms with Crippen LogP contribution in [0.3, 0.4) is 0 Å². The van der Waals surface area contributed by atoms with E-state index in [1.165, 1.54) is 24.2 Å². The van der Waals surface area contributed by atoms with Crippen LogP contribution in [-0.4, -0.2) is 73.9 Å². The fourth-order valence-electron chi connectivity index (χ4n) is 4.46. The Labute approximate surface area is 241 Å². The third-order valence-electron chi connectivity index (χ3n) is 6.65. The lowest BCUT2D eigenvalue weighted by molar-refractivity contribution is -0.153. The van der Waals surface area contributed by atoms with Crippen LogP contribution in [0.5, 0.6) is 5.75 Å². The van der Waals surface area contributed by atoms with Crippen LogP contribution in [0.15, 0.2) is 30.1 Å². The first kappa shape index (κ1) is 32.5. The predicted molar refractivity (Wildman–Crippen MR) is 150 cm³/mol. The van der Waals surface area contributed by atoms with Crippen molar-refractivity contribution in [3.63, 3.8) is 0 Å². The molecule has 0 bridgehead atoms. The quantitative estimate of drug-likeness (QED) is 0.371. The van der Waals surface area contributed by atoms with Crippen molar-refractivity contribution in [1.29, 1.82) is 0 Å². The van der Waals surface area contributed by atoms with Gasteiger partial charge in [-0.05, 0) is 65.7 Å². The van der Waals surface area contributed by atoms with E-state index in [4.69, 9.17) is 28.4 Å². The lowest BCUT2D eigenvalue weighted by atomic mass is 9.98. The molecule has 1 fully saturated rings. The van der Waals surface area contributed by atoms with Gasteiger partial charge < -0.3 is 33.5 Å². The predicted octanol–water partition coefficient (Wildman–Crippen LogP) is 5.37. The summed E-state index contributed by atoms with van der Waals surface area (Å²) in [5, 5.41) is 10.8. The smallest absolute Gasteiger partial charge is 0.414 e. The standard InChI is InChI=1S/C30H42FNO9/c1-17-13-21(31)25(33)26-22(39-30(6,7)40-26)12-10-11-19-14-20(32(8)28(35)41-29(3,4)5)15-23(37-16-36-9)24(19)27(34)38-18(17)2/h10-11,13-15,17-18,22,25-26,33H,12,16H2,1-9H3/t17-,18+,22+,25-,26+/m1/s1. The first-order valence-electron chi connectivity index (χ1n) is 13.6. The van der Waals surface area contributed by atoms with Crippen LogP contribution >= 0.6 is 0 Å². The summed E-state index contributed by atoms with van der Waals surface area (Å²) >= 11 is 0. The number of benzene rings is 1. The Hall–Kier alpha value is -2.99. The second kappa shape index (κ2) is 12.9. The first-order chi connectivity index (χ1) is 19.0. The largest absolute Gasteiger partial charge is 0.467 e. The third-order valence-corrected chi connectivity index (χ3v) is 6.65. The maximum Gasteiger partial charge on any atom is 0.414 e. The zero-order chi connectivity index (χ0) is 30.7. The summed E-state index contributed by atoms with van der Waals surface area (Å²) in [4.78, 5) is 27.7. The molecule has 1 N–H and O–H groups in total. The van der Waals surface area contributed by atoms with E-state index >= 15 is 4.39 Å². The Balaban J connectivity index is 2.14. The van der Waals surface area contributed by atoms with Crippen LogP contribution in [0.4, 0.5) is 14.9 Å². The molecular formula is C30H42FNO9. The average Bonchev–Trinajstić information content (AvgIpc) is 3.18. The van der Waals surface area contributed by atoms with Crippen molar-refractivity contribution < 1.29 is 47.5 Å². The number of ether oxygens (including phenoxy) is 6. The molecule has 0 unspecified atom stereocenters. The van der Waals surface area contributed by atoms with Gasteiger partial charge in [0.1, 0.15) is 41.1 Å². The van der Waals surface area contributed by atoms with E-state index < -0.39 is 59.6 Å². The van der Waals surface area contributed by atoms with Gasteiger partial charge in [-0.2, -0.15) is 0 Å². The number of rotatable bonds is 4. The Morgan fingerprint density at radius 3 is 2.54 bits per heavy atom. The van der Waals surface area contributed by atoms with Gasteiger partial charge in [-0.3, -0.25) is 4.90 Å². The first-order valence-corrected chi connectivity index (χ1v) is 13.6. The summed E-state index contributed by atoms with van der Waals surface area (Å²) in [6.45, 7) is 11.8. The molecular weight excluding hydrogens is 537 g/mol. The summed E-state index contributed by atoms with van der Waals surface area (Å²) in [7, 11) is 2.98. The highest BCUT2D eigenvalue weighted by Crippen LogP contribution is 2.36. The van der Waals surface area contributed by atoms with Gasteiger partial charge in [0.25, 0.3) is 0 Å². The maximum atomic E-state index is 15.1. The second-order valence-corrected chi connectivity index (χ2v) is 11.7. The number of carbonyl (C=O) groups excluding carboxylic acids is 2. The van der Waals surface area contributed by atoms with Crippen LogP contribution in [-0.2, 0) is 23.7 Å². The van der Waals surface area contributed by atoms with Crippen LogP contribution in [0, 0.1) is 5.92 Å². The molecule has 228 valence electrons. The molecule has 41 heavy (non-hydrogen) atoms. The number of aliphatic hydroxyl groups is 1. The Morgan fingerprint density at radius 2 is 1.90 bits per heavy atom. The zero-order valence-corrected chi connectivity index (χ0v) is 25.2. The molecule has 5 atom stereocenters. The fraction of sp³-hybridized carbons (Fsp3) is 0.600. The minimum atomic E-state index is -1.57. The lowest BCUT2D eigenvalue weighted by Crippen LogP contribution is -2.36. The number of halogens is 1. The van der Waals surface area contributed by atoms with Gasteiger partial charge in [0.15, 0.2) is 12.6 Å². The number of amides is 1. The molecule has 2 aliphatic rings. The minimum Gasteiger partial charge on any atom is -0.467 e. The number of hydrogen-bond donors (Lipinski definition) is 1. The molecule has 1 saturated heterocycles. The topological polar surface area (TPSA) is 113 Å². The number of methoxy groups -OCH3 is 1. The Bertz CT molecular complexity index is 1170. The second-order valence-electron chi connectivity index (χ2n) is 11.7. The molecule has 0 radical (unpaired) electrons. The van der Waals surface area contributed by atoms with Gasteiger partial charge >= 0.3 is 12.1 Å². The molecule has 1 amide bonds. The van der Waals surface area contributed by atoms with E-state index in [0.717, 1.165) is 0 Å². The molecule has 1 aromatic carbocycles. The number of aliphatic hydroxyl groups excluding tert-OH is 1. The SMILES string of the molecule is COCOc1cc(N(C)C(=O)OC(C)(C)C)cc2c1C(=O)O[C@@H](C)[C@H](C)C=C(F)[C@@H](O)[C@H]1OC(C)(C)O[C@H]1CC=C2. The molecule has 10 nitrogen and oxygen atoms in total. The molecule has 0 aromatic heterocycles. The van der Waals surface area contributed by atoms with E-state index in [2.05, 4.69) is 0 Å². The number of carbonyl (C=O) groups is 2. The summed E-state index contributed by atoms with van der Waals surface area (Å²) in [5.41, 5.74) is 0.157. The van der Waals surface area contributed by atoms with E-state index in [1.807, 2.05) is 0 Å². The van der Waals surface area contributed by atoms with E-state index in [-0.39, 0.29) is 24.5 Å². The van der Waals surface area contributed by atoms with Crippen LogP contribution in [0.2, 0.25) is 0 Å². The normalized spacial score (nSPS) is 26.7. The minimum absolute atomic E-state index is 0.0979. The molecule has 11 heteroatoms. The average molecular weight is 580 g/mol. The summed E-state index contributed by atoms with van der Waals surface area (Å²) < 4.78 is 49.0. The van der Waals surface area contributed by atoms with Gasteiger partial charge in [-0.1, -0.05) is 19.1 Å². The van der Waals surface area contributed by atoms with Gasteiger partial charge in [0.2, 0.25) is 0 Å². The van der Waals surface area contributed by atoms with Crippen molar-refractivity contribution in [2.75, 3.05) is 25.9 Å². The number of anilines is 1. The van der Waals surface area contributed by atoms with Crippen molar-refractivity contribution in [3.8, 4) is 5.75 Å². The molecule has 0 saturated carbocycles. The lowest BCUT2D eigenvalue weighted by Gasteiger charge is -2.26. The molecule has 3 rings (SSSR count). The molecule has 2 heterocycles. The number of cyclic esters (lactones) is 1. The number of esters is 1. The monoisotopic (exact) mass is 579 g/mol. The fourth-order valence-corrected chi connectivity index (χ4v) is 4.46. The molecule has 0 aliphatic carbocycles. The highest BCUT2D eigenvalue weighted by atomic mass is 19.1. The van der Waals surface area contributed by atoms with Crippen molar-refractivity contribution >= 4 is 23.8 Å². The van der Waals surface area contributed by atoms with Gasteiger partial charge in [-0.25, -0.2) is 14.0 Å². The maximum absolute atomic E-state index is 15.1. The van der Waals surface area contributed by atoms with Crippen molar-refractivity contribution in [2.24, 2.45) is 5.92 Å². The van der Waals surface area contributed by atoms with Crippen molar-refractivity contribution in [2.45, 2.75) is 90.7 Å². The summed E-state index contributed by atoms with van der Waals surface area (Å²) in [6, 6.07) is 3.16. The third kappa shape index (κ3) is 8.28. The molecule has 0 spiro atoms. The van der Waals surface area contributed by atoms with Crippen LogP contribution < -0.4 is 9.64 Å². The zero-order valence-electron chi connectivity index (χ0n) is 25.2. The Morgan fingerprint density at radius 1 is 1.22 bits per heavy atom. The highest BCUT2D eigenvalue weighted by molar-refractivity contribution is 5.99. The Kier molecular flexibility index (Phi) is 10.2. The van der Waals surface area contributed by atoms with Gasteiger partial charge in [0.05, 0.1) is 11.8 Å². The van der Waals surface area contributed by atoms with Gasteiger partial charge in [0, 0.05) is 26.1 Å². The molecule has 2 aliphatic heterocycles. The van der Waals surface area contributed by atoms with E-state index in [9.17, 15) is 14.7 Å². The number of nitrogens with zero attached hydrogens (tertiary/aromatic N) is 1. The molecule has 1 aromatic rings. The van der Waals surface area contributed by atoms with Crippen molar-refractivity contribution in [1.82, 2.24) is 0 Å². The highest BCUT2D eigenvalue weighted by Gasteiger charge is 2.45.